The Morgan fingerprint density at radius 3 is 3.11 bits per heavy atom. The molecule has 7 fully saturated rings. The maximum atomic E-state index is 13.7. The number of ketones is 1. The van der Waals surface area contributed by atoms with Crippen molar-refractivity contribution in [1.29, 1.82) is 0 Å². The number of Topliss-reactive ketones (excluding diaryl/α,β-unsaturated/α-hetero) is 1. The molecule has 6 heteroatoms. The largest absolute Gasteiger partial charge is 0.495 e. The fraction of sp³-hybridized carbons (Fsp3) is 0.571. The molecule has 9 aliphatic rings. The highest BCUT2D eigenvalue weighted by Gasteiger charge is 2.98. The van der Waals surface area contributed by atoms with E-state index in [1.807, 2.05) is 12.1 Å². The van der Waals surface area contributed by atoms with Crippen molar-refractivity contribution in [3.63, 3.8) is 0 Å². The summed E-state index contributed by atoms with van der Waals surface area (Å²) in [5, 5.41) is 15.8. The average molecular weight is 364 g/mol. The molecule has 0 radical (unpaired) electrons. The van der Waals surface area contributed by atoms with E-state index in [1.165, 1.54) is 0 Å². The molecule has 5 aliphatic heterocycles. The Kier molecular flexibility index (Phi) is 1.87. The number of benzene rings is 1. The van der Waals surface area contributed by atoms with Crippen molar-refractivity contribution >= 4 is 11.5 Å². The van der Waals surface area contributed by atoms with Crippen LogP contribution in [0.4, 0.5) is 5.69 Å². The number of nitrogens with zero attached hydrogens (tertiary/aromatic N) is 1. The molecule has 0 amide bonds. The van der Waals surface area contributed by atoms with Crippen LogP contribution in [0.25, 0.3) is 0 Å². The molecule has 27 heavy (non-hydrogen) atoms. The van der Waals surface area contributed by atoms with Gasteiger partial charge in [0, 0.05) is 18.0 Å². The van der Waals surface area contributed by atoms with Crippen molar-refractivity contribution in [2.24, 2.45) is 11.3 Å². The molecule has 1 unspecified atom stereocenters. The van der Waals surface area contributed by atoms with Gasteiger partial charge in [-0.25, -0.2) is 0 Å². The normalized spacial score (nSPS) is 58.6. The first-order valence-electron chi connectivity index (χ1n) is 9.89. The molecule has 10 rings (SSSR count). The van der Waals surface area contributed by atoms with Gasteiger partial charge in [-0.1, -0.05) is 24.3 Å². The van der Waals surface area contributed by atoms with Crippen LogP contribution in [0, 0.1) is 11.3 Å². The Labute approximate surface area is 156 Å². The van der Waals surface area contributed by atoms with Gasteiger partial charge >= 0.3 is 0 Å². The van der Waals surface area contributed by atoms with E-state index in [2.05, 4.69) is 28.4 Å². The summed E-state index contributed by atoms with van der Waals surface area (Å²) in [6.45, 7) is 0.809. The van der Waals surface area contributed by atoms with Gasteiger partial charge in [0.1, 0.15) is 18.1 Å². The highest BCUT2D eigenvalue weighted by Crippen LogP contribution is 2.83. The van der Waals surface area contributed by atoms with Gasteiger partial charge in [0.15, 0.2) is 11.4 Å². The van der Waals surface area contributed by atoms with E-state index in [1.54, 1.807) is 7.11 Å². The monoisotopic (exact) mass is 364 g/mol. The maximum absolute atomic E-state index is 13.7. The second kappa shape index (κ2) is 3.56. The summed E-state index contributed by atoms with van der Waals surface area (Å²) in [7, 11) is 1.68. The molecule has 0 aromatic heterocycles. The zero-order valence-electron chi connectivity index (χ0n) is 14.9. The third kappa shape index (κ3) is 0.921. The van der Waals surface area contributed by atoms with Crippen LogP contribution in [0.3, 0.4) is 0 Å². The summed E-state index contributed by atoms with van der Waals surface area (Å²) in [4.78, 5) is 16.1. The third-order valence-electron chi connectivity index (χ3n) is 9.24. The Balaban J connectivity index is 1.58. The van der Waals surface area contributed by atoms with Crippen LogP contribution in [-0.4, -0.2) is 59.0 Å². The summed E-state index contributed by atoms with van der Waals surface area (Å²) in [5.74, 6) is 0.457. The number of aliphatic hydroxyl groups is 1. The van der Waals surface area contributed by atoms with Crippen molar-refractivity contribution in [2.75, 3.05) is 19.0 Å². The molecule has 1 aromatic rings. The van der Waals surface area contributed by atoms with Gasteiger partial charge in [-0.15, -0.1) is 0 Å². The minimum atomic E-state index is -1.49. The van der Waals surface area contributed by atoms with Gasteiger partial charge in [-0.3, -0.25) is 9.69 Å². The lowest BCUT2D eigenvalue weighted by Gasteiger charge is -2.71. The highest BCUT2D eigenvalue weighted by molar-refractivity contribution is 6.04. The number of methoxy groups -OCH3 is 1. The fourth-order valence-electron chi connectivity index (χ4n) is 8.86. The van der Waals surface area contributed by atoms with E-state index >= 15 is 0 Å². The van der Waals surface area contributed by atoms with Crippen molar-refractivity contribution in [2.45, 2.75) is 47.8 Å². The van der Waals surface area contributed by atoms with Gasteiger partial charge in [-0.2, -0.15) is 0 Å². The molecule has 3 spiro atoms. The summed E-state index contributed by atoms with van der Waals surface area (Å²) >= 11 is 0. The van der Waals surface area contributed by atoms with Crippen LogP contribution >= 0.6 is 0 Å². The number of ether oxygens (including phenoxy) is 2. The van der Waals surface area contributed by atoms with Gasteiger partial charge in [-0.05, 0) is 24.5 Å². The Morgan fingerprint density at radius 2 is 2.26 bits per heavy atom. The Hall–Kier alpha value is -1.89. The molecule has 2 N–H and O–H groups in total. The van der Waals surface area contributed by atoms with Gasteiger partial charge < -0.3 is 19.9 Å². The number of fused-ring (bicyclic) bond motifs is 2. The van der Waals surface area contributed by atoms with Crippen LogP contribution in [0.5, 0.6) is 5.75 Å². The molecule has 9 bridgehead atoms. The first-order valence-corrected chi connectivity index (χ1v) is 9.89. The molecule has 6 nitrogen and oxygen atoms in total. The molecular weight excluding hydrogens is 344 g/mol. The lowest BCUT2D eigenvalue weighted by molar-refractivity contribution is -0.306. The summed E-state index contributed by atoms with van der Waals surface area (Å²) in [6, 6.07) is 6.30. The van der Waals surface area contributed by atoms with E-state index in [-0.39, 0.29) is 29.4 Å². The topological polar surface area (TPSA) is 71.0 Å². The van der Waals surface area contributed by atoms with Crippen molar-refractivity contribution in [3.05, 3.63) is 35.9 Å². The first-order chi connectivity index (χ1) is 13.1. The number of nitrogens with one attached hydrogen (secondary N) is 1. The van der Waals surface area contributed by atoms with Crippen LogP contribution in [-0.2, 0) is 14.9 Å². The molecule has 3 saturated heterocycles. The summed E-state index contributed by atoms with van der Waals surface area (Å²) in [6.07, 6.45) is 5.49. The third-order valence-corrected chi connectivity index (χ3v) is 9.24. The number of hydrogen-bond acceptors (Lipinski definition) is 6. The molecule has 9 atom stereocenters. The first kappa shape index (κ1) is 14.2. The highest BCUT2D eigenvalue weighted by atomic mass is 16.5. The van der Waals surface area contributed by atoms with Crippen molar-refractivity contribution < 1.29 is 19.4 Å². The number of para-hydroxylation sites is 1. The molecule has 4 saturated carbocycles. The molecule has 4 aliphatic carbocycles. The lowest BCUT2D eigenvalue weighted by Crippen LogP contribution is -2.87. The van der Waals surface area contributed by atoms with Crippen LogP contribution in [0.1, 0.15) is 18.4 Å². The second-order valence-corrected chi connectivity index (χ2v) is 9.41. The number of hydrogen-bond donors (Lipinski definition) is 2. The van der Waals surface area contributed by atoms with E-state index in [4.69, 9.17) is 9.47 Å². The molecular formula is C21H20N2O4. The fourth-order valence-corrected chi connectivity index (χ4v) is 8.86. The summed E-state index contributed by atoms with van der Waals surface area (Å²) < 4.78 is 12.2. The average Bonchev–Trinajstić information content (AvgIpc) is 3.15. The van der Waals surface area contributed by atoms with Crippen LogP contribution in [0.2, 0.25) is 0 Å². The van der Waals surface area contributed by atoms with Gasteiger partial charge in [0.2, 0.25) is 0 Å². The van der Waals surface area contributed by atoms with Crippen LogP contribution < -0.4 is 10.1 Å². The predicted molar refractivity (Wildman–Crippen MR) is 94.4 cm³/mol. The van der Waals surface area contributed by atoms with E-state index in [0.717, 1.165) is 36.4 Å². The standard InChI is InChI=1S/C21H20N2O4/c1-26-11-5-2-4-10-13(11)22-19-8-7-18-6-3-9-23-15-12(20(10,19)16(18)23)14(24)21(19,25)17(18)27-15/h2-6,12,15-17,22,25H,7-9H2,1H3/t12-,15+,16-,17+,18-,19-,20-,21+/m0/s1. The molecule has 138 valence electrons. The van der Waals surface area contributed by atoms with Crippen molar-refractivity contribution in [1.82, 2.24) is 4.90 Å². The predicted octanol–water partition coefficient (Wildman–Crippen LogP) is 0.800. The number of rotatable bonds is 1. The van der Waals surface area contributed by atoms with E-state index in [9.17, 15) is 9.90 Å². The molecule has 5 heterocycles. The number of anilines is 1. The smallest absolute Gasteiger partial charge is 0.177 e. The van der Waals surface area contributed by atoms with E-state index in [0.29, 0.717) is 0 Å². The van der Waals surface area contributed by atoms with Crippen molar-refractivity contribution in [3.8, 4) is 5.75 Å². The maximum Gasteiger partial charge on any atom is 0.177 e. The minimum Gasteiger partial charge on any atom is -0.495 e. The lowest BCUT2D eigenvalue weighted by atomic mass is 9.40. The zero-order chi connectivity index (χ0) is 18.0. The van der Waals surface area contributed by atoms with Gasteiger partial charge in [0.25, 0.3) is 0 Å². The van der Waals surface area contributed by atoms with Gasteiger partial charge in [0.05, 0.1) is 29.7 Å². The summed E-state index contributed by atoms with van der Waals surface area (Å²) in [5.41, 5.74) is -0.839. The zero-order valence-corrected chi connectivity index (χ0v) is 14.9. The number of carbonyl (C=O) groups excluding carboxylic acids is 1. The second-order valence-electron chi connectivity index (χ2n) is 9.41. The molecule has 1 aromatic carbocycles. The SMILES string of the molecule is COc1cccc2c1N[C@]13CC[C@]45C=CCN6[C@@H]7O[C@H]4[C@]1(O)C(=O)[C@@H]7[C@]23[C@@H]65. The van der Waals surface area contributed by atoms with Crippen LogP contribution in [0.15, 0.2) is 30.4 Å². The van der Waals surface area contributed by atoms with E-state index < -0.39 is 22.7 Å². The minimum absolute atomic E-state index is 0.00547. The number of carbonyl (C=O) groups is 1. The Bertz CT molecular complexity index is 1020. The Morgan fingerprint density at radius 1 is 1.37 bits per heavy atom. The quantitative estimate of drug-likeness (QED) is 0.719.